The summed E-state index contributed by atoms with van der Waals surface area (Å²) >= 11 is 3.29. The number of aryl methyl sites for hydroxylation is 1. The predicted molar refractivity (Wildman–Crippen MR) is 69.2 cm³/mol. The van der Waals surface area contributed by atoms with E-state index in [0.29, 0.717) is 16.7 Å². The van der Waals surface area contributed by atoms with E-state index in [1.807, 2.05) is 6.92 Å². The number of anilines is 1. The second-order valence-corrected chi connectivity index (χ2v) is 5.20. The van der Waals surface area contributed by atoms with Gasteiger partial charge in [0.05, 0.1) is 24.0 Å². The lowest BCUT2D eigenvalue weighted by Crippen LogP contribution is -2.48. The Kier molecular flexibility index (Phi) is 3.53. The van der Waals surface area contributed by atoms with Crippen molar-refractivity contribution in [3.05, 3.63) is 21.0 Å². The monoisotopic (exact) mass is 301 g/mol. The molecule has 0 aromatic carbocycles. The van der Waals surface area contributed by atoms with Crippen molar-refractivity contribution in [3.8, 4) is 0 Å². The Morgan fingerprint density at radius 3 is 2.82 bits per heavy atom. The number of hydrogen-bond acceptors (Lipinski definition) is 4. The minimum atomic E-state index is -0.269. The van der Waals surface area contributed by atoms with Gasteiger partial charge in [-0.25, -0.2) is 4.68 Å². The van der Waals surface area contributed by atoms with E-state index in [9.17, 15) is 9.90 Å². The van der Waals surface area contributed by atoms with Gasteiger partial charge in [0, 0.05) is 6.54 Å². The number of nitrogens with zero attached hydrogens (tertiary/aromatic N) is 2. The van der Waals surface area contributed by atoms with Gasteiger partial charge in [0.25, 0.3) is 5.56 Å². The summed E-state index contributed by atoms with van der Waals surface area (Å²) in [5.41, 5.74) is 0.244. The zero-order valence-electron chi connectivity index (χ0n) is 9.74. The van der Waals surface area contributed by atoms with Crippen LogP contribution in [0.4, 0.5) is 5.69 Å². The van der Waals surface area contributed by atoms with E-state index in [-0.39, 0.29) is 17.7 Å². The molecule has 5 nitrogen and oxygen atoms in total. The highest BCUT2D eigenvalue weighted by Gasteiger charge is 2.36. The van der Waals surface area contributed by atoms with E-state index in [1.165, 1.54) is 4.68 Å². The molecule has 1 aliphatic carbocycles. The summed E-state index contributed by atoms with van der Waals surface area (Å²) in [6.07, 6.45) is 4.58. The molecular weight excluding hydrogens is 286 g/mol. The molecule has 1 aromatic rings. The van der Waals surface area contributed by atoms with Crippen LogP contribution in [0.3, 0.4) is 0 Å². The summed E-state index contributed by atoms with van der Waals surface area (Å²) in [6.45, 7) is 2.49. The Morgan fingerprint density at radius 2 is 2.35 bits per heavy atom. The van der Waals surface area contributed by atoms with Crippen LogP contribution in [0.5, 0.6) is 0 Å². The third-order valence-electron chi connectivity index (χ3n) is 3.30. The van der Waals surface area contributed by atoms with Crippen LogP contribution in [-0.4, -0.2) is 27.0 Å². The van der Waals surface area contributed by atoms with Crippen molar-refractivity contribution < 1.29 is 5.11 Å². The average molecular weight is 302 g/mol. The van der Waals surface area contributed by atoms with E-state index in [1.54, 1.807) is 6.20 Å². The molecule has 0 bridgehead atoms. The van der Waals surface area contributed by atoms with Crippen LogP contribution in [0.2, 0.25) is 0 Å². The fraction of sp³-hybridized carbons (Fsp3) is 0.636. The van der Waals surface area contributed by atoms with Gasteiger partial charge in [-0.3, -0.25) is 4.79 Å². The second-order valence-electron chi connectivity index (χ2n) is 4.41. The first-order valence-electron chi connectivity index (χ1n) is 5.76. The molecule has 1 aliphatic rings. The smallest absolute Gasteiger partial charge is 0.283 e. The summed E-state index contributed by atoms with van der Waals surface area (Å²) in [4.78, 5) is 11.9. The zero-order valence-corrected chi connectivity index (χ0v) is 11.3. The van der Waals surface area contributed by atoms with Crippen molar-refractivity contribution in [1.82, 2.24) is 9.78 Å². The fourth-order valence-electron chi connectivity index (χ4n) is 1.99. The molecule has 1 heterocycles. The number of rotatable bonds is 4. The molecule has 1 aromatic heterocycles. The largest absolute Gasteiger partial charge is 0.394 e. The number of aliphatic hydroxyl groups is 1. The van der Waals surface area contributed by atoms with Gasteiger partial charge >= 0.3 is 0 Å². The second kappa shape index (κ2) is 4.78. The lowest BCUT2D eigenvalue weighted by atomic mass is 9.77. The molecule has 0 saturated heterocycles. The molecule has 94 valence electrons. The lowest BCUT2D eigenvalue weighted by Gasteiger charge is -2.41. The van der Waals surface area contributed by atoms with Gasteiger partial charge in [0.2, 0.25) is 0 Å². The van der Waals surface area contributed by atoms with Gasteiger partial charge in [-0.05, 0) is 42.1 Å². The maximum absolute atomic E-state index is 11.9. The van der Waals surface area contributed by atoms with Crippen molar-refractivity contribution >= 4 is 21.6 Å². The number of nitrogens with one attached hydrogen (secondary N) is 1. The van der Waals surface area contributed by atoms with Crippen LogP contribution in [0.25, 0.3) is 0 Å². The first-order valence-corrected chi connectivity index (χ1v) is 6.56. The first kappa shape index (κ1) is 12.6. The molecule has 0 radical (unpaired) electrons. The highest BCUT2D eigenvalue weighted by atomic mass is 79.9. The van der Waals surface area contributed by atoms with E-state index in [0.717, 1.165) is 19.3 Å². The van der Waals surface area contributed by atoms with Crippen molar-refractivity contribution in [2.24, 2.45) is 0 Å². The summed E-state index contributed by atoms with van der Waals surface area (Å²) in [5.74, 6) is 0. The van der Waals surface area contributed by atoms with Crippen LogP contribution < -0.4 is 10.9 Å². The van der Waals surface area contributed by atoms with Crippen molar-refractivity contribution in [1.29, 1.82) is 0 Å². The predicted octanol–water partition coefficient (Wildman–Crippen LogP) is 1.35. The quantitative estimate of drug-likeness (QED) is 0.881. The van der Waals surface area contributed by atoms with Crippen molar-refractivity contribution in [3.63, 3.8) is 0 Å². The number of halogens is 1. The van der Waals surface area contributed by atoms with Gasteiger partial charge in [-0.2, -0.15) is 5.10 Å². The van der Waals surface area contributed by atoms with E-state index in [2.05, 4.69) is 26.3 Å². The first-order chi connectivity index (χ1) is 8.12. The number of hydrogen-bond donors (Lipinski definition) is 2. The molecule has 2 N–H and O–H groups in total. The molecule has 1 fully saturated rings. The van der Waals surface area contributed by atoms with Gasteiger partial charge < -0.3 is 10.4 Å². The summed E-state index contributed by atoms with van der Waals surface area (Å²) in [7, 11) is 0. The molecule has 0 unspecified atom stereocenters. The Morgan fingerprint density at radius 1 is 1.65 bits per heavy atom. The van der Waals surface area contributed by atoms with Gasteiger partial charge in [-0.15, -0.1) is 0 Å². The molecule has 1 saturated carbocycles. The average Bonchev–Trinajstić information content (AvgIpc) is 2.29. The lowest BCUT2D eigenvalue weighted by molar-refractivity contribution is 0.144. The molecule has 0 spiro atoms. The van der Waals surface area contributed by atoms with E-state index >= 15 is 0 Å². The highest BCUT2D eigenvalue weighted by molar-refractivity contribution is 9.10. The minimum Gasteiger partial charge on any atom is -0.394 e. The van der Waals surface area contributed by atoms with Crippen LogP contribution in [0.15, 0.2) is 15.5 Å². The molecule has 0 amide bonds. The number of aliphatic hydroxyl groups excluding tert-OH is 1. The third-order valence-corrected chi connectivity index (χ3v) is 4.06. The summed E-state index contributed by atoms with van der Waals surface area (Å²) < 4.78 is 1.87. The maximum Gasteiger partial charge on any atom is 0.283 e. The molecule has 0 atom stereocenters. The van der Waals surface area contributed by atoms with Gasteiger partial charge in [0.15, 0.2) is 0 Å². The minimum absolute atomic E-state index is 0.0797. The third kappa shape index (κ3) is 2.24. The Labute approximate surface area is 108 Å². The highest BCUT2D eigenvalue weighted by Crippen LogP contribution is 2.35. The molecule has 17 heavy (non-hydrogen) atoms. The van der Waals surface area contributed by atoms with Crippen LogP contribution >= 0.6 is 15.9 Å². The standard InChI is InChI=1S/C11H16BrN3O2/c1-2-15-10(17)9(12)8(6-13-15)14-11(7-16)4-3-5-11/h6,14,16H,2-5,7H2,1H3. The van der Waals surface area contributed by atoms with Crippen LogP contribution in [0, 0.1) is 0 Å². The summed E-state index contributed by atoms with van der Waals surface area (Å²) in [6, 6.07) is 0. The fourth-order valence-corrected chi connectivity index (χ4v) is 2.40. The SMILES string of the molecule is CCn1ncc(NC2(CO)CCC2)c(Br)c1=O. The Hall–Kier alpha value is -0.880. The molecular formula is C11H16BrN3O2. The van der Waals surface area contributed by atoms with Gasteiger partial charge in [-0.1, -0.05) is 0 Å². The zero-order chi connectivity index (χ0) is 12.5. The van der Waals surface area contributed by atoms with E-state index in [4.69, 9.17) is 0 Å². The maximum atomic E-state index is 11.9. The topological polar surface area (TPSA) is 67.2 Å². The van der Waals surface area contributed by atoms with E-state index < -0.39 is 0 Å². The van der Waals surface area contributed by atoms with Crippen molar-refractivity contribution in [2.75, 3.05) is 11.9 Å². The Bertz CT molecular complexity index is 463. The summed E-state index contributed by atoms with van der Waals surface area (Å²) in [5, 5.41) is 16.7. The Balaban J connectivity index is 2.28. The number of aromatic nitrogens is 2. The van der Waals surface area contributed by atoms with Crippen LogP contribution in [-0.2, 0) is 6.54 Å². The van der Waals surface area contributed by atoms with Gasteiger partial charge in [0.1, 0.15) is 4.47 Å². The van der Waals surface area contributed by atoms with Crippen molar-refractivity contribution in [2.45, 2.75) is 38.3 Å². The molecule has 0 aliphatic heterocycles. The molecule has 2 rings (SSSR count). The van der Waals surface area contributed by atoms with Crippen LogP contribution in [0.1, 0.15) is 26.2 Å². The normalized spacial score (nSPS) is 17.6. The molecule has 6 heteroatoms.